The summed E-state index contributed by atoms with van der Waals surface area (Å²) in [6.45, 7) is 3.67. The van der Waals surface area contributed by atoms with Gasteiger partial charge in [-0.2, -0.15) is 0 Å². The fraction of sp³-hybridized carbons (Fsp3) is 0.926. The van der Waals surface area contributed by atoms with Crippen molar-refractivity contribution in [1.29, 1.82) is 0 Å². The molecule has 196 valence electrons. The van der Waals surface area contributed by atoms with Gasteiger partial charge in [-0.05, 0) is 12.8 Å². The number of carbonyl (C=O) groups is 2. The maximum Gasteiger partial charge on any atom is 0.220 e. The molecule has 6 nitrogen and oxygen atoms in total. The van der Waals surface area contributed by atoms with E-state index in [4.69, 9.17) is 5.11 Å². The minimum Gasteiger partial charge on any atom is -0.394 e. The van der Waals surface area contributed by atoms with Gasteiger partial charge in [-0.15, -0.1) is 0 Å². The molecule has 33 heavy (non-hydrogen) atoms. The molecule has 1 amide bonds. The SMILES string of the molecule is CCCCCCCCCCCCCCCC(=O)N[C@@H](C(=O)CCCCCC)[C@H](O)[C@H](O)CO. The van der Waals surface area contributed by atoms with Gasteiger partial charge in [-0.25, -0.2) is 0 Å². The van der Waals surface area contributed by atoms with Crippen molar-refractivity contribution < 1.29 is 24.9 Å². The highest BCUT2D eigenvalue weighted by Gasteiger charge is 2.32. The van der Waals surface area contributed by atoms with E-state index in [1.54, 1.807) is 0 Å². The lowest BCUT2D eigenvalue weighted by Gasteiger charge is -2.26. The third-order valence-electron chi connectivity index (χ3n) is 6.37. The zero-order valence-corrected chi connectivity index (χ0v) is 21.5. The monoisotopic (exact) mass is 471 g/mol. The van der Waals surface area contributed by atoms with Crippen LogP contribution < -0.4 is 5.32 Å². The van der Waals surface area contributed by atoms with Crippen LogP contribution in [0.1, 0.15) is 136 Å². The molecule has 0 spiro atoms. The number of rotatable bonds is 24. The zero-order valence-electron chi connectivity index (χ0n) is 21.5. The van der Waals surface area contributed by atoms with Crippen molar-refractivity contribution in [1.82, 2.24) is 5.32 Å². The quantitative estimate of drug-likeness (QED) is 0.145. The molecular formula is C27H53NO5. The number of amides is 1. The Bertz CT molecular complexity index is 471. The lowest BCUT2D eigenvalue weighted by molar-refractivity contribution is -0.134. The van der Waals surface area contributed by atoms with Crippen LogP contribution in [0.5, 0.6) is 0 Å². The second-order valence-corrected chi connectivity index (χ2v) is 9.56. The van der Waals surface area contributed by atoms with Crippen LogP contribution in [-0.2, 0) is 9.59 Å². The van der Waals surface area contributed by atoms with E-state index in [0.717, 1.165) is 38.5 Å². The molecule has 0 aliphatic carbocycles. The van der Waals surface area contributed by atoms with Gasteiger partial charge in [-0.1, -0.05) is 110 Å². The first-order chi connectivity index (χ1) is 16.0. The molecule has 4 N–H and O–H groups in total. The molecule has 6 heteroatoms. The Morgan fingerprint density at radius 2 is 1.03 bits per heavy atom. The summed E-state index contributed by atoms with van der Waals surface area (Å²) >= 11 is 0. The first kappa shape index (κ1) is 32.0. The fourth-order valence-electron chi connectivity index (χ4n) is 4.12. The van der Waals surface area contributed by atoms with Crippen molar-refractivity contribution in [2.75, 3.05) is 6.61 Å². The largest absolute Gasteiger partial charge is 0.394 e. The standard InChI is InChI=1S/C27H53NO5/c1-3-5-7-9-10-11-12-13-14-15-16-17-19-21-25(32)28-26(27(33)24(31)22-29)23(30)20-18-8-6-4-2/h24,26-27,29,31,33H,3-22H2,1-2H3,(H,28,32)/t24-,26+,27-/m1/s1. The summed E-state index contributed by atoms with van der Waals surface area (Å²) in [6.07, 6.45) is 17.3. The van der Waals surface area contributed by atoms with Gasteiger partial charge in [0, 0.05) is 12.8 Å². The van der Waals surface area contributed by atoms with E-state index in [2.05, 4.69) is 19.2 Å². The Hall–Kier alpha value is -0.980. The summed E-state index contributed by atoms with van der Waals surface area (Å²) < 4.78 is 0. The van der Waals surface area contributed by atoms with Crippen molar-refractivity contribution in [3.05, 3.63) is 0 Å². The molecule has 3 atom stereocenters. The molecule has 0 radical (unpaired) electrons. The minimum atomic E-state index is -1.50. The van der Waals surface area contributed by atoms with Crippen molar-refractivity contribution in [2.24, 2.45) is 0 Å². The van der Waals surface area contributed by atoms with Gasteiger partial charge in [0.15, 0.2) is 5.78 Å². The summed E-state index contributed by atoms with van der Waals surface area (Å²) in [7, 11) is 0. The van der Waals surface area contributed by atoms with E-state index in [9.17, 15) is 19.8 Å². The topological polar surface area (TPSA) is 107 Å². The van der Waals surface area contributed by atoms with E-state index in [1.165, 1.54) is 64.2 Å². The van der Waals surface area contributed by atoms with Crippen molar-refractivity contribution >= 4 is 11.7 Å². The smallest absolute Gasteiger partial charge is 0.220 e. The normalized spacial score (nSPS) is 14.1. The van der Waals surface area contributed by atoms with Crippen LogP contribution >= 0.6 is 0 Å². The predicted octanol–water partition coefficient (Wildman–Crippen LogP) is 5.21. The van der Waals surface area contributed by atoms with Crippen LogP contribution in [-0.4, -0.2) is 51.9 Å². The Balaban J connectivity index is 4.03. The molecule has 0 aromatic carbocycles. The third kappa shape index (κ3) is 18.1. The Morgan fingerprint density at radius 1 is 0.636 bits per heavy atom. The van der Waals surface area contributed by atoms with Gasteiger partial charge in [0.1, 0.15) is 18.2 Å². The minimum absolute atomic E-state index is 0.249. The summed E-state index contributed by atoms with van der Waals surface area (Å²) in [6, 6.07) is -1.16. The molecule has 0 heterocycles. The van der Waals surface area contributed by atoms with Crippen LogP contribution in [0.25, 0.3) is 0 Å². The Morgan fingerprint density at radius 3 is 1.48 bits per heavy atom. The highest BCUT2D eigenvalue weighted by molar-refractivity contribution is 5.89. The lowest BCUT2D eigenvalue weighted by atomic mass is 9.97. The van der Waals surface area contributed by atoms with Gasteiger partial charge >= 0.3 is 0 Å². The molecular weight excluding hydrogens is 418 g/mol. The Labute approximate surface area is 202 Å². The summed E-state index contributed by atoms with van der Waals surface area (Å²) in [5, 5.41) is 31.7. The van der Waals surface area contributed by atoms with E-state index >= 15 is 0 Å². The number of hydrogen-bond donors (Lipinski definition) is 4. The number of carbonyl (C=O) groups excluding carboxylic acids is 2. The molecule has 0 bridgehead atoms. The summed E-state index contributed by atoms with van der Waals surface area (Å²) in [5.41, 5.74) is 0. The number of hydrogen-bond acceptors (Lipinski definition) is 5. The molecule has 0 unspecified atom stereocenters. The lowest BCUT2D eigenvalue weighted by Crippen LogP contribution is -2.53. The first-order valence-electron chi connectivity index (χ1n) is 13.8. The van der Waals surface area contributed by atoms with Gasteiger partial charge in [-0.3, -0.25) is 9.59 Å². The predicted molar refractivity (Wildman–Crippen MR) is 135 cm³/mol. The van der Waals surface area contributed by atoms with Crippen molar-refractivity contribution in [2.45, 2.75) is 154 Å². The highest BCUT2D eigenvalue weighted by Crippen LogP contribution is 2.14. The number of aliphatic hydroxyl groups is 3. The summed E-state index contributed by atoms with van der Waals surface area (Å²) in [5.74, 6) is -0.570. The number of ketones is 1. The number of Topliss-reactive ketones (excluding diaryl/α,β-unsaturated/α-hetero) is 1. The van der Waals surface area contributed by atoms with E-state index in [1.807, 2.05) is 0 Å². The zero-order chi connectivity index (χ0) is 24.7. The van der Waals surface area contributed by atoms with E-state index in [-0.39, 0.29) is 18.1 Å². The fourth-order valence-corrected chi connectivity index (χ4v) is 4.12. The van der Waals surface area contributed by atoms with Crippen LogP contribution in [0.15, 0.2) is 0 Å². The molecule has 0 saturated carbocycles. The average Bonchev–Trinajstić information content (AvgIpc) is 2.82. The first-order valence-corrected chi connectivity index (χ1v) is 13.8. The summed E-state index contributed by atoms with van der Waals surface area (Å²) in [4.78, 5) is 24.9. The molecule has 0 fully saturated rings. The van der Waals surface area contributed by atoms with Crippen molar-refractivity contribution in [3.63, 3.8) is 0 Å². The second kappa shape index (κ2) is 22.8. The average molecular weight is 472 g/mol. The molecule has 0 aromatic rings. The molecule has 0 rings (SSSR count). The van der Waals surface area contributed by atoms with E-state index in [0.29, 0.717) is 12.8 Å². The van der Waals surface area contributed by atoms with Gasteiger partial charge in [0.05, 0.1) is 6.61 Å². The number of nitrogens with one attached hydrogen (secondary N) is 1. The van der Waals surface area contributed by atoms with Crippen LogP contribution in [0, 0.1) is 0 Å². The van der Waals surface area contributed by atoms with Crippen LogP contribution in [0.2, 0.25) is 0 Å². The van der Waals surface area contributed by atoms with Crippen LogP contribution in [0.3, 0.4) is 0 Å². The van der Waals surface area contributed by atoms with Gasteiger partial charge in [0.2, 0.25) is 5.91 Å². The number of unbranched alkanes of at least 4 members (excludes halogenated alkanes) is 15. The van der Waals surface area contributed by atoms with Gasteiger partial charge < -0.3 is 20.6 Å². The van der Waals surface area contributed by atoms with Crippen molar-refractivity contribution in [3.8, 4) is 0 Å². The van der Waals surface area contributed by atoms with Crippen LogP contribution in [0.4, 0.5) is 0 Å². The molecule has 0 saturated heterocycles. The Kier molecular flexibility index (Phi) is 22.1. The molecule has 0 aliphatic rings. The maximum absolute atomic E-state index is 12.5. The van der Waals surface area contributed by atoms with Gasteiger partial charge in [0.25, 0.3) is 0 Å². The van der Waals surface area contributed by atoms with E-state index < -0.39 is 24.9 Å². The second-order valence-electron chi connectivity index (χ2n) is 9.56. The molecule has 0 aliphatic heterocycles. The number of aliphatic hydroxyl groups excluding tert-OH is 3. The highest BCUT2D eigenvalue weighted by atomic mass is 16.4. The molecule has 0 aromatic heterocycles. The maximum atomic E-state index is 12.5. The third-order valence-corrected chi connectivity index (χ3v) is 6.37.